The third-order valence-electron chi connectivity index (χ3n) is 2.59. The first-order valence-corrected chi connectivity index (χ1v) is 6.60. The second-order valence-electron chi connectivity index (χ2n) is 3.81. The van der Waals surface area contributed by atoms with Crippen molar-refractivity contribution in [3.8, 4) is 0 Å². The molecule has 0 saturated heterocycles. The van der Waals surface area contributed by atoms with E-state index in [0.717, 1.165) is 21.8 Å². The Morgan fingerprint density at radius 1 is 1.06 bits per heavy atom. The Morgan fingerprint density at radius 2 is 1.78 bits per heavy atom. The number of rotatable bonds is 2. The summed E-state index contributed by atoms with van der Waals surface area (Å²) in [5.74, 6) is -1.04. The van der Waals surface area contributed by atoms with E-state index in [1.54, 1.807) is 18.2 Å². The summed E-state index contributed by atoms with van der Waals surface area (Å²) >= 11 is 7.98. The molecule has 1 unspecified atom stereocenters. The van der Waals surface area contributed by atoms with E-state index >= 15 is 0 Å². The average molecular weight is 380 g/mol. The van der Waals surface area contributed by atoms with E-state index < -0.39 is 17.7 Å². The molecule has 0 spiro atoms. The highest BCUT2D eigenvalue weighted by Gasteiger charge is 2.17. The summed E-state index contributed by atoms with van der Waals surface area (Å²) in [6.07, 6.45) is 0. The van der Waals surface area contributed by atoms with Gasteiger partial charge in [0, 0.05) is 14.2 Å². The summed E-state index contributed by atoms with van der Waals surface area (Å²) in [4.78, 5) is 0. The smallest absolute Gasteiger partial charge is 0.128 e. The lowest BCUT2D eigenvalue weighted by atomic mass is 9.99. The van der Waals surface area contributed by atoms with Gasteiger partial charge in [0.05, 0.1) is 6.04 Å². The molecule has 1 nitrogen and oxygen atoms in total. The van der Waals surface area contributed by atoms with Gasteiger partial charge in [0.2, 0.25) is 0 Å². The molecule has 0 bridgehead atoms. The fourth-order valence-electron chi connectivity index (χ4n) is 1.67. The van der Waals surface area contributed by atoms with E-state index in [4.69, 9.17) is 17.3 Å². The second-order valence-corrected chi connectivity index (χ2v) is 5.41. The van der Waals surface area contributed by atoms with E-state index in [1.807, 2.05) is 0 Å². The van der Waals surface area contributed by atoms with Gasteiger partial charge in [0.15, 0.2) is 0 Å². The van der Waals surface area contributed by atoms with E-state index in [9.17, 15) is 8.78 Å². The molecule has 0 fully saturated rings. The Kier molecular flexibility index (Phi) is 4.19. The molecule has 2 rings (SSSR count). The quantitative estimate of drug-likeness (QED) is 0.775. The fourth-order valence-corrected chi connectivity index (χ4v) is 2.52. The topological polar surface area (TPSA) is 26.0 Å². The lowest BCUT2D eigenvalue weighted by molar-refractivity contribution is 0.576. The zero-order valence-corrected chi connectivity index (χ0v) is 12.0. The van der Waals surface area contributed by atoms with Crippen LogP contribution in [0, 0.1) is 15.2 Å². The highest BCUT2D eigenvalue weighted by molar-refractivity contribution is 14.1. The molecule has 0 aliphatic heterocycles. The fraction of sp³-hybridized carbons (Fsp3) is 0.0769. The van der Waals surface area contributed by atoms with Crippen LogP contribution in [0.25, 0.3) is 0 Å². The van der Waals surface area contributed by atoms with Crippen molar-refractivity contribution >= 4 is 34.2 Å². The standard InChI is InChI=1S/C13H9ClF2IN/c14-7-1-4-12(17)10(5-7)13(18)9-6-8(15)2-3-11(9)16/h1-6,13H,18H2. The first-order valence-electron chi connectivity index (χ1n) is 5.14. The van der Waals surface area contributed by atoms with E-state index in [2.05, 4.69) is 22.6 Å². The average Bonchev–Trinajstić information content (AvgIpc) is 2.34. The largest absolute Gasteiger partial charge is 0.320 e. The van der Waals surface area contributed by atoms with Gasteiger partial charge >= 0.3 is 0 Å². The zero-order chi connectivity index (χ0) is 13.3. The lowest BCUT2D eigenvalue weighted by Gasteiger charge is -2.15. The first-order chi connectivity index (χ1) is 8.49. The summed E-state index contributed by atoms with van der Waals surface area (Å²) < 4.78 is 27.7. The summed E-state index contributed by atoms with van der Waals surface area (Å²) in [6, 6.07) is 7.68. The van der Waals surface area contributed by atoms with Gasteiger partial charge < -0.3 is 5.73 Å². The van der Waals surface area contributed by atoms with Crippen LogP contribution in [0.2, 0.25) is 5.02 Å². The molecule has 0 saturated carbocycles. The van der Waals surface area contributed by atoms with Gasteiger partial charge in [-0.15, -0.1) is 0 Å². The van der Waals surface area contributed by atoms with Crippen LogP contribution >= 0.6 is 34.2 Å². The van der Waals surface area contributed by atoms with E-state index in [-0.39, 0.29) is 5.56 Å². The summed E-state index contributed by atoms with van der Waals surface area (Å²) in [6.45, 7) is 0. The molecular formula is C13H9ClF2IN. The van der Waals surface area contributed by atoms with Crippen molar-refractivity contribution in [2.75, 3.05) is 0 Å². The van der Waals surface area contributed by atoms with Crippen LogP contribution in [0.15, 0.2) is 36.4 Å². The number of nitrogens with two attached hydrogens (primary N) is 1. The van der Waals surface area contributed by atoms with Gasteiger partial charge in [-0.25, -0.2) is 8.78 Å². The van der Waals surface area contributed by atoms with Crippen LogP contribution in [0.1, 0.15) is 17.2 Å². The molecule has 1 atom stereocenters. The van der Waals surface area contributed by atoms with Crippen molar-refractivity contribution in [1.29, 1.82) is 0 Å². The number of hydrogen-bond donors (Lipinski definition) is 1. The van der Waals surface area contributed by atoms with Crippen LogP contribution in [0.3, 0.4) is 0 Å². The van der Waals surface area contributed by atoms with Crippen LogP contribution in [0.5, 0.6) is 0 Å². The van der Waals surface area contributed by atoms with Crippen molar-refractivity contribution in [1.82, 2.24) is 0 Å². The van der Waals surface area contributed by atoms with Gasteiger partial charge in [0.1, 0.15) is 11.6 Å². The minimum atomic E-state index is -0.744. The Labute approximate surface area is 122 Å². The van der Waals surface area contributed by atoms with Crippen LogP contribution < -0.4 is 5.73 Å². The minimum Gasteiger partial charge on any atom is -0.320 e. The molecule has 2 aromatic rings. The number of hydrogen-bond acceptors (Lipinski definition) is 1. The number of halogens is 4. The maximum absolute atomic E-state index is 13.7. The van der Waals surface area contributed by atoms with Crippen LogP contribution in [-0.2, 0) is 0 Å². The van der Waals surface area contributed by atoms with E-state index in [0.29, 0.717) is 10.6 Å². The van der Waals surface area contributed by atoms with Crippen molar-refractivity contribution in [2.24, 2.45) is 5.73 Å². The Hall–Kier alpha value is -0.720. The monoisotopic (exact) mass is 379 g/mol. The van der Waals surface area contributed by atoms with Crippen molar-refractivity contribution in [3.05, 3.63) is 67.8 Å². The van der Waals surface area contributed by atoms with Gasteiger partial charge in [-0.1, -0.05) is 11.6 Å². The first kappa shape index (κ1) is 13.7. The lowest BCUT2D eigenvalue weighted by Crippen LogP contribution is -2.15. The summed E-state index contributed by atoms with van der Waals surface area (Å²) in [7, 11) is 0. The molecule has 0 amide bonds. The second kappa shape index (κ2) is 5.50. The van der Waals surface area contributed by atoms with E-state index in [1.165, 1.54) is 0 Å². The molecular weight excluding hydrogens is 371 g/mol. The molecule has 5 heteroatoms. The highest BCUT2D eigenvalue weighted by Crippen LogP contribution is 2.28. The number of benzene rings is 2. The summed E-state index contributed by atoms with van der Waals surface area (Å²) in [5, 5.41) is 0.512. The molecule has 18 heavy (non-hydrogen) atoms. The molecule has 0 aromatic heterocycles. The molecule has 2 aromatic carbocycles. The molecule has 2 N–H and O–H groups in total. The minimum absolute atomic E-state index is 0.121. The van der Waals surface area contributed by atoms with Crippen molar-refractivity contribution in [3.63, 3.8) is 0 Å². The summed E-state index contributed by atoms with van der Waals surface area (Å²) in [5.41, 5.74) is 6.78. The zero-order valence-electron chi connectivity index (χ0n) is 9.13. The Bertz CT molecular complexity index is 538. The van der Waals surface area contributed by atoms with Gasteiger partial charge in [-0.05, 0) is 64.6 Å². The SMILES string of the molecule is NC(c1cc(F)ccc1F)c1cc(Cl)ccc1I. The molecule has 94 valence electrons. The Balaban J connectivity index is 2.50. The van der Waals surface area contributed by atoms with Crippen LogP contribution in [0.4, 0.5) is 8.78 Å². The van der Waals surface area contributed by atoms with Gasteiger partial charge in [-0.3, -0.25) is 0 Å². The predicted molar refractivity (Wildman–Crippen MR) is 76.6 cm³/mol. The van der Waals surface area contributed by atoms with Crippen molar-refractivity contribution < 1.29 is 8.78 Å². The van der Waals surface area contributed by atoms with Crippen molar-refractivity contribution in [2.45, 2.75) is 6.04 Å². The Morgan fingerprint density at radius 3 is 2.50 bits per heavy atom. The molecule has 0 aliphatic carbocycles. The van der Waals surface area contributed by atoms with Crippen LogP contribution in [-0.4, -0.2) is 0 Å². The normalized spacial score (nSPS) is 12.5. The molecule has 0 aliphatic rings. The predicted octanol–water partition coefficient (Wildman–Crippen LogP) is 4.27. The molecule has 0 radical (unpaired) electrons. The van der Waals surface area contributed by atoms with Gasteiger partial charge in [-0.2, -0.15) is 0 Å². The maximum atomic E-state index is 13.7. The highest BCUT2D eigenvalue weighted by atomic mass is 127. The van der Waals surface area contributed by atoms with Gasteiger partial charge in [0.25, 0.3) is 0 Å². The molecule has 0 heterocycles. The maximum Gasteiger partial charge on any atom is 0.128 e. The third kappa shape index (κ3) is 2.81. The third-order valence-corrected chi connectivity index (χ3v) is 3.80.